The third-order valence-electron chi connectivity index (χ3n) is 3.23. The minimum atomic E-state index is -0.931. The lowest BCUT2D eigenvalue weighted by molar-refractivity contribution is 0.0696. The number of aromatic nitrogens is 2. The highest BCUT2D eigenvalue weighted by Crippen LogP contribution is 2.13. The monoisotopic (exact) mass is 305 g/mol. The number of hydrogen-bond acceptors (Lipinski definition) is 6. The van der Waals surface area contributed by atoms with Crippen molar-refractivity contribution in [3.8, 4) is 0 Å². The van der Waals surface area contributed by atoms with Crippen LogP contribution in [-0.2, 0) is 17.8 Å². The molecule has 0 amide bonds. The lowest BCUT2D eigenvalue weighted by atomic mass is 10.1. The van der Waals surface area contributed by atoms with Gasteiger partial charge in [-0.25, -0.2) is 4.79 Å². The number of nitrogens with zero attached hydrogens (tertiary/aromatic N) is 3. The van der Waals surface area contributed by atoms with Crippen LogP contribution in [0.2, 0.25) is 0 Å². The summed E-state index contributed by atoms with van der Waals surface area (Å²) in [4.78, 5) is 17.2. The molecular formula is C15H19N3O4. The van der Waals surface area contributed by atoms with E-state index in [0.29, 0.717) is 24.8 Å². The fourth-order valence-corrected chi connectivity index (χ4v) is 2.00. The van der Waals surface area contributed by atoms with E-state index >= 15 is 0 Å². The Labute approximate surface area is 128 Å². The number of carboxylic acid groups (broad SMARTS) is 1. The summed E-state index contributed by atoms with van der Waals surface area (Å²) in [7, 11) is 3.49. The molecule has 0 saturated carbocycles. The van der Waals surface area contributed by atoms with Crippen molar-refractivity contribution in [1.29, 1.82) is 0 Å². The first kappa shape index (κ1) is 16.1. The van der Waals surface area contributed by atoms with Gasteiger partial charge in [0.1, 0.15) is 6.10 Å². The molecule has 0 fully saturated rings. The molecule has 0 radical (unpaired) electrons. The average Bonchev–Trinajstić information content (AvgIpc) is 2.95. The molecule has 1 aromatic heterocycles. The number of carbonyl (C=O) groups is 1. The predicted octanol–water partition coefficient (Wildman–Crippen LogP) is 2.11. The second-order valence-electron chi connectivity index (χ2n) is 5.10. The number of benzene rings is 1. The van der Waals surface area contributed by atoms with Crippen molar-refractivity contribution in [1.82, 2.24) is 15.0 Å². The molecule has 2 rings (SSSR count). The maximum absolute atomic E-state index is 11.0. The fourth-order valence-electron chi connectivity index (χ4n) is 2.00. The van der Waals surface area contributed by atoms with Crippen molar-refractivity contribution in [2.24, 2.45) is 0 Å². The third-order valence-corrected chi connectivity index (χ3v) is 3.23. The summed E-state index contributed by atoms with van der Waals surface area (Å²) in [6.45, 7) is 2.90. The Kier molecular flexibility index (Phi) is 5.24. The van der Waals surface area contributed by atoms with E-state index in [2.05, 4.69) is 10.1 Å². The van der Waals surface area contributed by atoms with E-state index in [4.69, 9.17) is 14.4 Å². The molecule has 0 aliphatic rings. The maximum Gasteiger partial charge on any atom is 0.335 e. The zero-order valence-corrected chi connectivity index (χ0v) is 12.8. The molecule has 0 aliphatic heterocycles. The lowest BCUT2D eigenvalue weighted by Gasteiger charge is -2.14. The molecule has 22 heavy (non-hydrogen) atoms. The van der Waals surface area contributed by atoms with Crippen molar-refractivity contribution in [2.75, 3.05) is 14.2 Å². The molecule has 0 aliphatic carbocycles. The molecule has 0 spiro atoms. The fraction of sp³-hybridized carbons (Fsp3) is 0.400. The molecule has 0 saturated heterocycles. The quantitative estimate of drug-likeness (QED) is 0.838. The highest BCUT2D eigenvalue weighted by Gasteiger charge is 2.14. The molecule has 2 aromatic rings. The minimum Gasteiger partial charge on any atom is -0.478 e. The van der Waals surface area contributed by atoms with Crippen LogP contribution >= 0.6 is 0 Å². The van der Waals surface area contributed by atoms with Crippen LogP contribution in [0.25, 0.3) is 0 Å². The molecule has 118 valence electrons. The summed E-state index contributed by atoms with van der Waals surface area (Å²) in [6, 6.07) is 6.85. The number of hydrogen-bond donors (Lipinski definition) is 1. The largest absolute Gasteiger partial charge is 0.478 e. The van der Waals surface area contributed by atoms with Crippen LogP contribution in [0.5, 0.6) is 0 Å². The van der Waals surface area contributed by atoms with Gasteiger partial charge in [0.25, 0.3) is 0 Å². The Morgan fingerprint density at radius 3 is 2.91 bits per heavy atom. The summed E-state index contributed by atoms with van der Waals surface area (Å²) in [6.07, 6.45) is -0.213. The second-order valence-corrected chi connectivity index (χ2v) is 5.10. The topological polar surface area (TPSA) is 88.7 Å². The van der Waals surface area contributed by atoms with E-state index in [1.165, 1.54) is 0 Å². The summed E-state index contributed by atoms with van der Waals surface area (Å²) in [5.41, 5.74) is 1.19. The van der Waals surface area contributed by atoms with Gasteiger partial charge in [-0.2, -0.15) is 4.98 Å². The molecule has 1 atom stereocenters. The van der Waals surface area contributed by atoms with Crippen LogP contribution in [-0.4, -0.2) is 40.3 Å². The van der Waals surface area contributed by atoms with Crippen LogP contribution in [0.3, 0.4) is 0 Å². The van der Waals surface area contributed by atoms with Gasteiger partial charge in [0.2, 0.25) is 5.89 Å². The van der Waals surface area contributed by atoms with Gasteiger partial charge in [-0.05, 0) is 31.7 Å². The zero-order chi connectivity index (χ0) is 16.1. The van der Waals surface area contributed by atoms with Gasteiger partial charge in [0, 0.05) is 13.7 Å². The van der Waals surface area contributed by atoms with E-state index in [0.717, 1.165) is 5.56 Å². The van der Waals surface area contributed by atoms with E-state index < -0.39 is 5.97 Å². The lowest BCUT2D eigenvalue weighted by Crippen LogP contribution is -2.17. The van der Waals surface area contributed by atoms with Crippen LogP contribution in [0, 0.1) is 0 Å². The number of carboxylic acids is 1. The molecule has 1 aromatic carbocycles. The Morgan fingerprint density at radius 1 is 1.45 bits per heavy atom. The van der Waals surface area contributed by atoms with Crippen molar-refractivity contribution in [3.05, 3.63) is 47.1 Å². The van der Waals surface area contributed by atoms with Crippen molar-refractivity contribution >= 4 is 5.97 Å². The standard InChI is InChI=1S/C15H19N3O4/c1-10(21-3)14-16-13(22-17-14)9-18(2)8-11-5-4-6-12(7-11)15(19)20/h4-7,10H,8-9H2,1-3H3,(H,19,20). The van der Waals surface area contributed by atoms with E-state index in [9.17, 15) is 4.79 Å². The van der Waals surface area contributed by atoms with Crippen LogP contribution < -0.4 is 0 Å². The maximum atomic E-state index is 11.0. The van der Waals surface area contributed by atoms with Gasteiger partial charge in [-0.3, -0.25) is 4.90 Å². The van der Waals surface area contributed by atoms with Gasteiger partial charge in [-0.1, -0.05) is 17.3 Å². The molecule has 1 unspecified atom stereocenters. The first-order valence-electron chi connectivity index (χ1n) is 6.85. The molecule has 1 heterocycles. The smallest absolute Gasteiger partial charge is 0.335 e. The van der Waals surface area contributed by atoms with Crippen molar-refractivity contribution in [2.45, 2.75) is 26.1 Å². The predicted molar refractivity (Wildman–Crippen MR) is 78.3 cm³/mol. The summed E-state index contributed by atoms with van der Waals surface area (Å²) >= 11 is 0. The van der Waals surface area contributed by atoms with E-state index in [1.54, 1.807) is 25.3 Å². The minimum absolute atomic E-state index is 0.213. The summed E-state index contributed by atoms with van der Waals surface area (Å²) in [5.74, 6) is 0.0779. The number of ether oxygens (including phenoxy) is 1. The SMILES string of the molecule is COC(C)c1noc(CN(C)Cc2cccc(C(=O)O)c2)n1. The Balaban J connectivity index is 1.98. The Morgan fingerprint density at radius 2 is 2.23 bits per heavy atom. The molecular weight excluding hydrogens is 286 g/mol. The van der Waals surface area contributed by atoms with Gasteiger partial charge in [-0.15, -0.1) is 0 Å². The van der Waals surface area contributed by atoms with Gasteiger partial charge < -0.3 is 14.4 Å². The van der Waals surface area contributed by atoms with E-state index in [-0.39, 0.29) is 11.7 Å². The average molecular weight is 305 g/mol. The molecule has 1 N–H and O–H groups in total. The van der Waals surface area contributed by atoms with Crippen LogP contribution in [0.1, 0.15) is 40.7 Å². The Hall–Kier alpha value is -2.25. The number of aromatic carboxylic acids is 1. The van der Waals surface area contributed by atoms with Crippen LogP contribution in [0.15, 0.2) is 28.8 Å². The summed E-state index contributed by atoms with van der Waals surface area (Å²) in [5, 5.41) is 12.9. The van der Waals surface area contributed by atoms with Gasteiger partial charge >= 0.3 is 5.97 Å². The molecule has 0 bridgehead atoms. The Bertz CT molecular complexity index is 641. The van der Waals surface area contributed by atoms with Gasteiger partial charge in [0.05, 0.1) is 12.1 Å². The molecule has 7 nitrogen and oxygen atoms in total. The van der Waals surface area contributed by atoms with Crippen LogP contribution in [0.4, 0.5) is 0 Å². The highest BCUT2D eigenvalue weighted by atomic mass is 16.5. The normalized spacial score (nSPS) is 12.5. The summed E-state index contributed by atoms with van der Waals surface area (Å²) < 4.78 is 10.3. The van der Waals surface area contributed by atoms with Crippen molar-refractivity contribution < 1.29 is 19.2 Å². The first-order chi connectivity index (χ1) is 10.5. The van der Waals surface area contributed by atoms with E-state index in [1.807, 2.05) is 24.9 Å². The number of methoxy groups -OCH3 is 1. The third kappa shape index (κ3) is 4.12. The second kappa shape index (κ2) is 7.15. The highest BCUT2D eigenvalue weighted by molar-refractivity contribution is 5.87. The zero-order valence-electron chi connectivity index (χ0n) is 12.8. The number of rotatable bonds is 7. The van der Waals surface area contributed by atoms with Crippen molar-refractivity contribution in [3.63, 3.8) is 0 Å². The first-order valence-corrected chi connectivity index (χ1v) is 6.85. The molecule has 7 heteroatoms. The van der Waals surface area contributed by atoms with Gasteiger partial charge in [0.15, 0.2) is 5.82 Å².